The van der Waals surface area contributed by atoms with Gasteiger partial charge in [0.05, 0.1) is 0 Å². The molecule has 1 aliphatic heterocycles. The number of aliphatic hydroxyl groups is 1. The van der Waals surface area contributed by atoms with Crippen molar-refractivity contribution in [1.29, 1.82) is 0 Å². The topological polar surface area (TPSA) is 23.5 Å². The maximum atomic E-state index is 8.57. The van der Waals surface area contributed by atoms with E-state index >= 15 is 0 Å². The van der Waals surface area contributed by atoms with Crippen LogP contribution in [0.15, 0.2) is 0 Å². The third-order valence-electron chi connectivity index (χ3n) is 2.08. The van der Waals surface area contributed by atoms with Crippen LogP contribution >= 0.6 is 0 Å². The van der Waals surface area contributed by atoms with Crippen molar-refractivity contribution < 1.29 is 26.2 Å². The molecule has 12 heavy (non-hydrogen) atoms. The van der Waals surface area contributed by atoms with E-state index in [1.165, 1.54) is 32.4 Å². The Kier molecular flexibility index (Phi) is 12.2. The molecule has 0 unspecified atom stereocenters. The van der Waals surface area contributed by atoms with E-state index in [1.807, 2.05) is 0 Å². The van der Waals surface area contributed by atoms with Crippen LogP contribution in [0.3, 0.4) is 0 Å². The van der Waals surface area contributed by atoms with Gasteiger partial charge in [0, 0.05) is 34.2 Å². The van der Waals surface area contributed by atoms with Gasteiger partial charge in [0.15, 0.2) is 0 Å². The molecule has 0 saturated carbocycles. The molecule has 0 amide bonds. The molecule has 0 radical (unpaired) electrons. The standard InChI is InChI=1S/C8H17NO.CH3.W/c10-8-4-7-9-5-2-1-3-6-9;;/h10H,1-8H2;1H3;/q;-1;. The van der Waals surface area contributed by atoms with Gasteiger partial charge < -0.3 is 17.4 Å². The van der Waals surface area contributed by atoms with Crippen molar-refractivity contribution in [2.75, 3.05) is 26.2 Å². The Hall–Kier alpha value is 0.608. The van der Waals surface area contributed by atoms with Crippen LogP contribution in [-0.2, 0) is 21.1 Å². The largest absolute Gasteiger partial charge is 0.396 e. The first kappa shape index (κ1) is 15.1. The summed E-state index contributed by atoms with van der Waals surface area (Å²) in [7, 11) is 0. The van der Waals surface area contributed by atoms with Crippen LogP contribution in [0.4, 0.5) is 0 Å². The molecular formula is C9H20NOW-. The minimum Gasteiger partial charge on any atom is -0.396 e. The van der Waals surface area contributed by atoms with Crippen molar-refractivity contribution in [2.45, 2.75) is 25.7 Å². The average Bonchev–Trinajstić information content (AvgIpc) is 2.03. The second kappa shape index (κ2) is 9.69. The van der Waals surface area contributed by atoms with E-state index in [0.29, 0.717) is 6.61 Å². The average molecular weight is 342 g/mol. The Morgan fingerprint density at radius 1 is 1.08 bits per heavy atom. The van der Waals surface area contributed by atoms with E-state index in [-0.39, 0.29) is 28.5 Å². The Balaban J connectivity index is 0. The Labute approximate surface area is 90.6 Å². The molecule has 0 aromatic rings. The molecule has 1 heterocycles. The van der Waals surface area contributed by atoms with Gasteiger partial charge in [-0.1, -0.05) is 6.42 Å². The molecule has 0 aromatic heterocycles. The molecule has 1 rings (SSSR count). The Bertz CT molecular complexity index is 84.6. The molecule has 2 nitrogen and oxygen atoms in total. The number of hydrogen-bond donors (Lipinski definition) is 1. The number of hydrogen-bond acceptors (Lipinski definition) is 2. The van der Waals surface area contributed by atoms with E-state index in [9.17, 15) is 0 Å². The van der Waals surface area contributed by atoms with Crippen molar-refractivity contribution >= 4 is 0 Å². The van der Waals surface area contributed by atoms with Crippen molar-refractivity contribution in [3.05, 3.63) is 7.43 Å². The fraction of sp³-hybridized carbons (Fsp3) is 0.889. The van der Waals surface area contributed by atoms with Crippen LogP contribution in [0.5, 0.6) is 0 Å². The summed E-state index contributed by atoms with van der Waals surface area (Å²) in [6.07, 6.45) is 5.05. The second-order valence-electron chi connectivity index (χ2n) is 2.98. The molecule has 1 fully saturated rings. The van der Waals surface area contributed by atoms with Crippen LogP contribution < -0.4 is 0 Å². The zero-order valence-corrected chi connectivity index (χ0v) is 10.9. The normalized spacial score (nSPS) is 17.8. The molecule has 0 atom stereocenters. The fourth-order valence-electron chi connectivity index (χ4n) is 1.48. The van der Waals surface area contributed by atoms with Crippen molar-refractivity contribution in [2.24, 2.45) is 0 Å². The van der Waals surface area contributed by atoms with Crippen LogP contribution in [-0.4, -0.2) is 36.2 Å². The summed E-state index contributed by atoms with van der Waals surface area (Å²) in [4.78, 5) is 2.44. The van der Waals surface area contributed by atoms with Gasteiger partial charge in [-0.3, -0.25) is 0 Å². The van der Waals surface area contributed by atoms with E-state index in [1.54, 1.807) is 0 Å². The Morgan fingerprint density at radius 2 is 1.67 bits per heavy atom. The summed E-state index contributed by atoms with van der Waals surface area (Å²) in [6.45, 7) is 3.94. The molecule has 0 spiro atoms. The van der Waals surface area contributed by atoms with Gasteiger partial charge in [-0.25, -0.2) is 0 Å². The van der Waals surface area contributed by atoms with Crippen LogP contribution in [0, 0.1) is 7.43 Å². The molecular weight excluding hydrogens is 322 g/mol. The van der Waals surface area contributed by atoms with Gasteiger partial charge in [-0.15, -0.1) is 0 Å². The summed E-state index contributed by atoms with van der Waals surface area (Å²) >= 11 is 0. The Morgan fingerprint density at radius 3 is 2.17 bits per heavy atom. The van der Waals surface area contributed by atoms with Gasteiger partial charge in [0.25, 0.3) is 0 Å². The SMILES string of the molecule is OCCCN1CCCCC1.[CH3-].[W]. The number of aliphatic hydroxyl groups excluding tert-OH is 1. The first-order valence-corrected chi connectivity index (χ1v) is 4.26. The molecule has 0 aliphatic carbocycles. The van der Waals surface area contributed by atoms with Gasteiger partial charge >= 0.3 is 0 Å². The first-order chi connectivity index (χ1) is 4.93. The van der Waals surface area contributed by atoms with Crippen molar-refractivity contribution in [3.63, 3.8) is 0 Å². The zero-order chi connectivity index (χ0) is 7.23. The zero-order valence-electron chi connectivity index (χ0n) is 7.96. The van der Waals surface area contributed by atoms with E-state index in [4.69, 9.17) is 5.11 Å². The number of piperidine rings is 1. The number of likely N-dealkylation sites (tertiary alicyclic amines) is 1. The quantitative estimate of drug-likeness (QED) is 0.782. The predicted molar refractivity (Wildman–Crippen MR) is 48.4 cm³/mol. The molecule has 0 aromatic carbocycles. The number of nitrogens with zero attached hydrogens (tertiary/aromatic N) is 1. The minimum atomic E-state index is 0. The van der Waals surface area contributed by atoms with Gasteiger partial charge in [0.2, 0.25) is 0 Å². The van der Waals surface area contributed by atoms with Crippen LogP contribution in [0.1, 0.15) is 25.7 Å². The third kappa shape index (κ3) is 6.16. The van der Waals surface area contributed by atoms with E-state index < -0.39 is 0 Å². The van der Waals surface area contributed by atoms with Gasteiger partial charge in [-0.05, 0) is 32.4 Å². The molecule has 1 saturated heterocycles. The van der Waals surface area contributed by atoms with Crippen LogP contribution in [0.2, 0.25) is 0 Å². The molecule has 1 N–H and O–H groups in total. The van der Waals surface area contributed by atoms with Gasteiger partial charge in [0.1, 0.15) is 0 Å². The maximum absolute atomic E-state index is 8.57. The summed E-state index contributed by atoms with van der Waals surface area (Å²) in [5.74, 6) is 0. The first-order valence-electron chi connectivity index (χ1n) is 4.26. The monoisotopic (exact) mass is 342 g/mol. The molecule has 3 heteroatoms. The predicted octanol–water partition coefficient (Wildman–Crippen LogP) is 1.30. The third-order valence-corrected chi connectivity index (χ3v) is 2.08. The molecule has 74 valence electrons. The molecule has 1 aliphatic rings. The maximum Gasteiger partial charge on any atom is 0.0443 e. The summed E-state index contributed by atoms with van der Waals surface area (Å²) in [5, 5.41) is 8.57. The van der Waals surface area contributed by atoms with E-state index in [0.717, 1.165) is 13.0 Å². The van der Waals surface area contributed by atoms with E-state index in [2.05, 4.69) is 4.90 Å². The van der Waals surface area contributed by atoms with Crippen molar-refractivity contribution in [3.8, 4) is 0 Å². The fourth-order valence-corrected chi connectivity index (χ4v) is 1.48. The molecule has 0 bridgehead atoms. The summed E-state index contributed by atoms with van der Waals surface area (Å²) in [5.41, 5.74) is 0. The second-order valence-corrected chi connectivity index (χ2v) is 2.98. The summed E-state index contributed by atoms with van der Waals surface area (Å²) in [6, 6.07) is 0. The summed E-state index contributed by atoms with van der Waals surface area (Å²) < 4.78 is 0. The van der Waals surface area contributed by atoms with Crippen molar-refractivity contribution in [1.82, 2.24) is 4.90 Å². The minimum absolute atomic E-state index is 0. The number of rotatable bonds is 3. The van der Waals surface area contributed by atoms with Gasteiger partial charge in [-0.2, -0.15) is 0 Å². The smallest absolute Gasteiger partial charge is 0.0443 e. The van der Waals surface area contributed by atoms with Crippen LogP contribution in [0.25, 0.3) is 0 Å².